The third-order valence-corrected chi connectivity index (χ3v) is 3.98. The van der Waals surface area contributed by atoms with Gasteiger partial charge in [0.25, 0.3) is 0 Å². The Hall–Kier alpha value is -0.0800. The monoisotopic (exact) mass is 211 g/mol. The van der Waals surface area contributed by atoms with Crippen LogP contribution in [0.15, 0.2) is 0 Å². The summed E-state index contributed by atoms with van der Waals surface area (Å²) in [7, 11) is 0. The molecule has 15 heavy (non-hydrogen) atoms. The van der Waals surface area contributed by atoms with Crippen molar-refractivity contribution in [3.05, 3.63) is 0 Å². The topological polar surface area (TPSA) is 21.3 Å². The van der Waals surface area contributed by atoms with Gasteiger partial charge in [-0.1, -0.05) is 25.7 Å². The molecule has 88 valence electrons. The first kappa shape index (κ1) is 11.4. The Morgan fingerprint density at radius 1 is 0.933 bits per heavy atom. The maximum atomic E-state index is 5.36. The Balaban J connectivity index is 1.47. The third kappa shape index (κ3) is 4.12. The van der Waals surface area contributed by atoms with Gasteiger partial charge >= 0.3 is 0 Å². The number of hydrogen-bond acceptors (Lipinski definition) is 2. The molecule has 0 atom stereocenters. The molecule has 2 heteroatoms. The first-order chi connectivity index (χ1) is 7.45. The normalized spacial score (nSPS) is 24.8. The lowest BCUT2D eigenvalue weighted by molar-refractivity contribution is 0.0662. The van der Waals surface area contributed by atoms with E-state index in [-0.39, 0.29) is 0 Å². The van der Waals surface area contributed by atoms with Crippen LogP contribution in [-0.2, 0) is 4.74 Å². The molecule has 1 heterocycles. The fraction of sp³-hybridized carbons (Fsp3) is 1.00. The molecule has 1 aliphatic heterocycles. The lowest BCUT2D eigenvalue weighted by Crippen LogP contribution is -2.28. The van der Waals surface area contributed by atoms with E-state index in [1.165, 1.54) is 58.0 Å². The van der Waals surface area contributed by atoms with Crippen LogP contribution in [0.4, 0.5) is 0 Å². The molecule has 2 rings (SSSR count). The van der Waals surface area contributed by atoms with Crippen molar-refractivity contribution in [1.29, 1.82) is 0 Å². The first-order valence-electron chi connectivity index (χ1n) is 6.73. The first-order valence-corrected chi connectivity index (χ1v) is 6.73. The van der Waals surface area contributed by atoms with Gasteiger partial charge in [-0.25, -0.2) is 0 Å². The van der Waals surface area contributed by atoms with Crippen LogP contribution >= 0.6 is 0 Å². The van der Waals surface area contributed by atoms with Crippen molar-refractivity contribution in [1.82, 2.24) is 5.32 Å². The van der Waals surface area contributed by atoms with Gasteiger partial charge < -0.3 is 10.1 Å². The van der Waals surface area contributed by atoms with E-state index in [4.69, 9.17) is 4.74 Å². The van der Waals surface area contributed by atoms with Crippen LogP contribution in [0.2, 0.25) is 0 Å². The van der Waals surface area contributed by atoms with Gasteiger partial charge in [0.15, 0.2) is 0 Å². The summed E-state index contributed by atoms with van der Waals surface area (Å²) in [6.07, 6.45) is 9.85. The van der Waals surface area contributed by atoms with Gasteiger partial charge in [-0.2, -0.15) is 0 Å². The largest absolute Gasteiger partial charge is 0.381 e. The van der Waals surface area contributed by atoms with Gasteiger partial charge in [0.2, 0.25) is 0 Å². The molecule has 0 amide bonds. The summed E-state index contributed by atoms with van der Waals surface area (Å²) >= 11 is 0. The van der Waals surface area contributed by atoms with E-state index in [1.807, 2.05) is 0 Å². The van der Waals surface area contributed by atoms with Crippen molar-refractivity contribution < 1.29 is 4.74 Å². The van der Waals surface area contributed by atoms with E-state index in [9.17, 15) is 0 Å². The highest BCUT2D eigenvalue weighted by Gasteiger charge is 2.15. The van der Waals surface area contributed by atoms with Crippen LogP contribution in [0.5, 0.6) is 0 Å². The molecule has 0 aromatic heterocycles. The summed E-state index contributed by atoms with van der Waals surface area (Å²) in [5.74, 6) is 1.91. The van der Waals surface area contributed by atoms with Crippen molar-refractivity contribution in [3.63, 3.8) is 0 Å². The Morgan fingerprint density at radius 3 is 2.40 bits per heavy atom. The molecule has 0 aromatic carbocycles. The van der Waals surface area contributed by atoms with Gasteiger partial charge in [0.1, 0.15) is 0 Å². The molecule has 1 saturated heterocycles. The molecule has 2 aliphatic rings. The number of rotatable bonds is 5. The van der Waals surface area contributed by atoms with E-state index >= 15 is 0 Å². The summed E-state index contributed by atoms with van der Waals surface area (Å²) in [5.41, 5.74) is 0. The number of hydrogen-bond donors (Lipinski definition) is 1. The van der Waals surface area contributed by atoms with E-state index in [0.29, 0.717) is 0 Å². The molecule has 2 fully saturated rings. The van der Waals surface area contributed by atoms with Crippen LogP contribution in [0, 0.1) is 11.8 Å². The van der Waals surface area contributed by atoms with Crippen LogP contribution in [-0.4, -0.2) is 26.3 Å². The summed E-state index contributed by atoms with van der Waals surface area (Å²) in [5, 5.41) is 3.63. The fourth-order valence-corrected chi connectivity index (χ4v) is 2.86. The zero-order valence-electron chi connectivity index (χ0n) is 9.84. The van der Waals surface area contributed by atoms with Crippen LogP contribution in [0.1, 0.15) is 44.9 Å². The second-order valence-electron chi connectivity index (χ2n) is 5.20. The standard InChI is InChI=1S/C13H25NO/c1-2-4-12(3-1)5-8-14-11-13-6-9-15-10-7-13/h12-14H,1-11H2. The fourth-order valence-electron chi connectivity index (χ4n) is 2.86. The zero-order valence-corrected chi connectivity index (χ0v) is 9.84. The quantitative estimate of drug-likeness (QED) is 0.706. The molecular formula is C13H25NO. The van der Waals surface area contributed by atoms with Gasteiger partial charge in [0.05, 0.1) is 0 Å². The second kappa shape index (κ2) is 6.49. The average molecular weight is 211 g/mol. The van der Waals surface area contributed by atoms with Crippen molar-refractivity contribution >= 4 is 0 Å². The minimum absolute atomic E-state index is 0.877. The molecule has 0 radical (unpaired) electrons. The molecule has 1 N–H and O–H groups in total. The highest BCUT2D eigenvalue weighted by molar-refractivity contribution is 4.70. The highest BCUT2D eigenvalue weighted by atomic mass is 16.5. The van der Waals surface area contributed by atoms with Gasteiger partial charge in [-0.05, 0) is 44.2 Å². The summed E-state index contributed by atoms with van der Waals surface area (Å²) < 4.78 is 5.36. The number of nitrogens with one attached hydrogen (secondary N) is 1. The molecule has 1 aliphatic carbocycles. The van der Waals surface area contributed by atoms with Gasteiger partial charge in [-0.15, -0.1) is 0 Å². The molecule has 0 bridgehead atoms. The molecular weight excluding hydrogens is 186 g/mol. The van der Waals surface area contributed by atoms with Crippen LogP contribution in [0.3, 0.4) is 0 Å². The Bertz CT molecular complexity index is 160. The van der Waals surface area contributed by atoms with Crippen molar-refractivity contribution in [2.75, 3.05) is 26.3 Å². The SMILES string of the molecule is C1CCC(CCNCC2CCOCC2)C1. The maximum absolute atomic E-state index is 5.36. The lowest BCUT2D eigenvalue weighted by atomic mass is 10.00. The third-order valence-electron chi connectivity index (χ3n) is 3.98. The van der Waals surface area contributed by atoms with E-state index < -0.39 is 0 Å². The molecule has 2 nitrogen and oxygen atoms in total. The molecule has 0 aromatic rings. The Morgan fingerprint density at radius 2 is 1.67 bits per heavy atom. The summed E-state index contributed by atoms with van der Waals surface area (Å²) in [4.78, 5) is 0. The van der Waals surface area contributed by atoms with E-state index in [2.05, 4.69) is 5.32 Å². The average Bonchev–Trinajstić information content (AvgIpc) is 2.79. The summed E-state index contributed by atoms with van der Waals surface area (Å²) in [6.45, 7) is 4.42. The van der Waals surface area contributed by atoms with Crippen molar-refractivity contribution in [2.45, 2.75) is 44.9 Å². The maximum Gasteiger partial charge on any atom is 0.0469 e. The lowest BCUT2D eigenvalue weighted by Gasteiger charge is -2.22. The predicted molar refractivity (Wildman–Crippen MR) is 63.0 cm³/mol. The predicted octanol–water partition coefficient (Wildman–Crippen LogP) is 2.58. The summed E-state index contributed by atoms with van der Waals surface area (Å²) in [6, 6.07) is 0. The van der Waals surface area contributed by atoms with Gasteiger partial charge in [-0.3, -0.25) is 0 Å². The molecule has 1 saturated carbocycles. The van der Waals surface area contributed by atoms with E-state index in [1.54, 1.807) is 0 Å². The molecule has 0 spiro atoms. The zero-order chi connectivity index (χ0) is 10.3. The second-order valence-corrected chi connectivity index (χ2v) is 5.20. The highest BCUT2D eigenvalue weighted by Crippen LogP contribution is 2.26. The Labute approximate surface area is 93.8 Å². The van der Waals surface area contributed by atoms with E-state index in [0.717, 1.165) is 25.0 Å². The van der Waals surface area contributed by atoms with Crippen LogP contribution in [0.25, 0.3) is 0 Å². The van der Waals surface area contributed by atoms with Crippen LogP contribution < -0.4 is 5.32 Å². The minimum atomic E-state index is 0.877. The van der Waals surface area contributed by atoms with Crippen molar-refractivity contribution in [3.8, 4) is 0 Å². The molecule has 0 unspecified atom stereocenters. The minimum Gasteiger partial charge on any atom is -0.381 e. The van der Waals surface area contributed by atoms with Gasteiger partial charge in [0, 0.05) is 13.2 Å². The smallest absolute Gasteiger partial charge is 0.0469 e. The number of ether oxygens (including phenoxy) is 1. The van der Waals surface area contributed by atoms with Crippen molar-refractivity contribution in [2.24, 2.45) is 11.8 Å². The Kier molecular flexibility index (Phi) is 4.94.